The van der Waals surface area contributed by atoms with Crippen LogP contribution in [-0.2, 0) is 4.79 Å². The molecule has 1 N–H and O–H groups in total. The monoisotopic (exact) mass is 203 g/mol. The predicted octanol–water partition coefficient (Wildman–Crippen LogP) is 2.44. The maximum absolute atomic E-state index is 10.3. The van der Waals surface area contributed by atoms with E-state index in [9.17, 15) is 4.79 Å². The minimum Gasteiger partial charge on any atom is -0.483 e. The van der Waals surface area contributed by atoms with Gasteiger partial charge in [-0.25, -0.2) is 0 Å². The lowest BCUT2D eigenvalue weighted by Crippen LogP contribution is -2.27. The Morgan fingerprint density at radius 3 is 2.93 bits per heavy atom. The molecule has 0 spiro atoms. The van der Waals surface area contributed by atoms with Crippen molar-refractivity contribution in [2.45, 2.75) is 19.4 Å². The zero-order chi connectivity index (χ0) is 10.9. The first-order valence-electron chi connectivity index (χ1n) is 4.83. The summed E-state index contributed by atoms with van der Waals surface area (Å²) in [6.07, 6.45) is 4.67. The van der Waals surface area contributed by atoms with Crippen LogP contribution < -0.4 is 10.1 Å². The van der Waals surface area contributed by atoms with Crippen LogP contribution in [0, 0.1) is 0 Å². The third-order valence-corrected chi connectivity index (χ3v) is 2.27. The number of nitrogens with one attached hydrogen (secondary N) is 1. The van der Waals surface area contributed by atoms with Crippen LogP contribution in [0.1, 0.15) is 19.4 Å². The van der Waals surface area contributed by atoms with Gasteiger partial charge >= 0.3 is 0 Å². The molecule has 0 bridgehead atoms. The molecule has 3 heteroatoms. The highest BCUT2D eigenvalue weighted by Gasteiger charge is 2.21. The van der Waals surface area contributed by atoms with Gasteiger partial charge in [0.15, 0.2) is 0 Å². The van der Waals surface area contributed by atoms with Gasteiger partial charge in [-0.05, 0) is 38.1 Å². The summed E-state index contributed by atoms with van der Waals surface area (Å²) in [6, 6.07) is 5.57. The molecule has 1 aromatic carbocycles. The quantitative estimate of drug-likeness (QED) is 0.750. The lowest BCUT2D eigenvalue weighted by Gasteiger charge is -2.27. The van der Waals surface area contributed by atoms with E-state index < -0.39 is 0 Å². The van der Waals surface area contributed by atoms with Gasteiger partial charge in [-0.2, -0.15) is 0 Å². The fourth-order valence-corrected chi connectivity index (χ4v) is 1.54. The molecule has 1 heterocycles. The molecule has 1 aromatic rings. The summed E-state index contributed by atoms with van der Waals surface area (Å²) in [4.78, 5) is 10.3. The maximum Gasteiger partial charge on any atom is 0.211 e. The van der Waals surface area contributed by atoms with Crippen molar-refractivity contribution in [2.24, 2.45) is 0 Å². The first-order chi connectivity index (χ1) is 7.11. The molecule has 0 saturated carbocycles. The third-order valence-electron chi connectivity index (χ3n) is 2.27. The van der Waals surface area contributed by atoms with Gasteiger partial charge in [0.25, 0.3) is 0 Å². The number of carbonyl (C=O) groups is 1. The van der Waals surface area contributed by atoms with Crippen molar-refractivity contribution in [3.63, 3.8) is 0 Å². The molecule has 0 aromatic heterocycles. The van der Waals surface area contributed by atoms with Gasteiger partial charge in [-0.15, -0.1) is 0 Å². The van der Waals surface area contributed by atoms with Crippen LogP contribution in [0.3, 0.4) is 0 Å². The number of amides is 1. The predicted molar refractivity (Wildman–Crippen MR) is 59.9 cm³/mol. The van der Waals surface area contributed by atoms with Crippen molar-refractivity contribution >= 4 is 18.2 Å². The Labute approximate surface area is 88.8 Å². The average Bonchev–Trinajstić information content (AvgIpc) is 2.18. The lowest BCUT2D eigenvalue weighted by molar-refractivity contribution is -0.105. The number of ether oxygens (including phenoxy) is 1. The van der Waals surface area contributed by atoms with Crippen LogP contribution in [0.15, 0.2) is 24.3 Å². The molecule has 15 heavy (non-hydrogen) atoms. The number of hydrogen-bond acceptors (Lipinski definition) is 2. The molecular formula is C12H13NO2. The molecule has 0 atom stereocenters. The van der Waals surface area contributed by atoms with Crippen molar-refractivity contribution in [1.82, 2.24) is 0 Å². The molecule has 0 saturated heterocycles. The lowest BCUT2D eigenvalue weighted by atomic mass is 10.0. The van der Waals surface area contributed by atoms with E-state index >= 15 is 0 Å². The smallest absolute Gasteiger partial charge is 0.211 e. The van der Waals surface area contributed by atoms with Crippen molar-refractivity contribution in [3.8, 4) is 5.75 Å². The van der Waals surface area contributed by atoms with Crippen LogP contribution >= 0.6 is 0 Å². The molecule has 1 amide bonds. The summed E-state index contributed by atoms with van der Waals surface area (Å²) in [5.74, 6) is 0.846. The summed E-state index contributed by atoms with van der Waals surface area (Å²) in [7, 11) is 0. The topological polar surface area (TPSA) is 38.3 Å². The molecule has 1 aliphatic heterocycles. The number of fused-ring (bicyclic) bond motifs is 1. The molecule has 0 radical (unpaired) electrons. The summed E-state index contributed by atoms with van der Waals surface area (Å²) in [5.41, 5.74) is 1.50. The van der Waals surface area contributed by atoms with Gasteiger partial charge < -0.3 is 10.1 Å². The molecule has 2 rings (SSSR count). The number of carbonyl (C=O) groups excluding carboxylic acids is 1. The fourth-order valence-electron chi connectivity index (χ4n) is 1.54. The van der Waals surface area contributed by atoms with Crippen LogP contribution in [0.4, 0.5) is 5.69 Å². The summed E-state index contributed by atoms with van der Waals surface area (Å²) in [5, 5.41) is 2.61. The highest BCUT2D eigenvalue weighted by molar-refractivity contribution is 5.75. The SMILES string of the molecule is CC1(C)C=Cc2cc(NC=O)ccc2O1. The van der Waals surface area contributed by atoms with E-state index in [2.05, 4.69) is 5.32 Å². The number of benzene rings is 1. The standard InChI is InChI=1S/C12H13NO2/c1-12(2)6-5-9-7-10(13-8-14)3-4-11(9)15-12/h3-8H,1-2H3,(H,13,14). The molecule has 0 unspecified atom stereocenters. The van der Waals surface area contributed by atoms with Crippen LogP contribution in [0.5, 0.6) is 5.75 Å². The highest BCUT2D eigenvalue weighted by atomic mass is 16.5. The first-order valence-corrected chi connectivity index (χ1v) is 4.83. The van der Waals surface area contributed by atoms with Crippen LogP contribution in [-0.4, -0.2) is 12.0 Å². The van der Waals surface area contributed by atoms with E-state index in [1.807, 2.05) is 44.2 Å². The van der Waals surface area contributed by atoms with Gasteiger partial charge in [-0.3, -0.25) is 4.79 Å². The second kappa shape index (κ2) is 3.42. The van der Waals surface area contributed by atoms with E-state index in [1.54, 1.807) is 0 Å². The zero-order valence-electron chi connectivity index (χ0n) is 8.78. The Kier molecular flexibility index (Phi) is 2.23. The molecule has 0 aliphatic carbocycles. The van der Waals surface area contributed by atoms with Gasteiger partial charge in [0.2, 0.25) is 6.41 Å². The second-order valence-electron chi connectivity index (χ2n) is 4.05. The van der Waals surface area contributed by atoms with Crippen LogP contribution in [0.2, 0.25) is 0 Å². The van der Waals surface area contributed by atoms with E-state index in [1.165, 1.54) is 0 Å². The molecule has 3 nitrogen and oxygen atoms in total. The Balaban J connectivity index is 2.35. The normalized spacial score (nSPS) is 16.4. The average molecular weight is 203 g/mol. The Morgan fingerprint density at radius 1 is 1.40 bits per heavy atom. The van der Waals surface area contributed by atoms with Gasteiger partial charge in [0.1, 0.15) is 11.4 Å². The molecule has 0 fully saturated rings. The Bertz CT molecular complexity index is 422. The van der Waals surface area contributed by atoms with E-state index in [4.69, 9.17) is 4.74 Å². The minimum atomic E-state index is -0.257. The van der Waals surface area contributed by atoms with Gasteiger partial charge in [-0.1, -0.05) is 6.08 Å². The van der Waals surface area contributed by atoms with Crippen molar-refractivity contribution in [3.05, 3.63) is 29.8 Å². The van der Waals surface area contributed by atoms with E-state index in [0.29, 0.717) is 6.41 Å². The summed E-state index contributed by atoms with van der Waals surface area (Å²) >= 11 is 0. The second-order valence-corrected chi connectivity index (χ2v) is 4.05. The Hall–Kier alpha value is -1.77. The first kappa shape index (κ1) is 9.77. The number of anilines is 1. The highest BCUT2D eigenvalue weighted by Crippen LogP contribution is 2.32. The zero-order valence-corrected chi connectivity index (χ0v) is 8.78. The van der Waals surface area contributed by atoms with E-state index in [-0.39, 0.29) is 5.60 Å². The fraction of sp³-hybridized carbons (Fsp3) is 0.250. The number of hydrogen-bond donors (Lipinski definition) is 1. The molecular weight excluding hydrogens is 190 g/mol. The maximum atomic E-state index is 10.3. The molecule has 1 aliphatic rings. The van der Waals surface area contributed by atoms with Gasteiger partial charge in [0.05, 0.1) is 0 Å². The molecule has 78 valence electrons. The van der Waals surface area contributed by atoms with Crippen molar-refractivity contribution in [2.75, 3.05) is 5.32 Å². The third kappa shape index (κ3) is 2.01. The van der Waals surface area contributed by atoms with E-state index in [0.717, 1.165) is 17.0 Å². The number of rotatable bonds is 2. The summed E-state index contributed by atoms with van der Waals surface area (Å²) < 4.78 is 5.75. The van der Waals surface area contributed by atoms with Crippen molar-refractivity contribution in [1.29, 1.82) is 0 Å². The summed E-state index contributed by atoms with van der Waals surface area (Å²) in [6.45, 7) is 4.01. The van der Waals surface area contributed by atoms with Gasteiger partial charge in [0, 0.05) is 11.3 Å². The van der Waals surface area contributed by atoms with Crippen LogP contribution in [0.25, 0.3) is 6.08 Å². The Morgan fingerprint density at radius 2 is 2.20 bits per heavy atom. The largest absolute Gasteiger partial charge is 0.483 e. The minimum absolute atomic E-state index is 0.257. The van der Waals surface area contributed by atoms with Crippen molar-refractivity contribution < 1.29 is 9.53 Å².